The van der Waals surface area contributed by atoms with Gasteiger partial charge in [-0.15, -0.1) is 0 Å². The molecule has 2 atom stereocenters. The average molecular weight is 684 g/mol. The predicted molar refractivity (Wildman–Crippen MR) is 174 cm³/mol. The second kappa shape index (κ2) is 16.3. The maximum atomic E-state index is 12.5. The Balaban J connectivity index is 1.38. The van der Waals surface area contributed by atoms with E-state index in [1.807, 2.05) is 0 Å². The minimum atomic E-state index is -1.22. The molecular formula is C32H34ClN5O10. The lowest BCUT2D eigenvalue weighted by atomic mass is 9.95. The van der Waals surface area contributed by atoms with Gasteiger partial charge in [0.15, 0.2) is 29.2 Å². The Bertz CT molecular complexity index is 1710. The number of benzene rings is 3. The number of hydrazone groups is 1. The van der Waals surface area contributed by atoms with Crippen LogP contribution in [0, 0.1) is 10.1 Å². The molecule has 0 aromatic heterocycles. The van der Waals surface area contributed by atoms with Gasteiger partial charge < -0.3 is 39.4 Å². The van der Waals surface area contributed by atoms with E-state index in [-0.39, 0.29) is 35.2 Å². The number of aliphatic hydroxyl groups excluding tert-OH is 1. The Kier molecular flexibility index (Phi) is 12.0. The number of nitrogens with zero attached hydrogens (tertiary/aromatic N) is 2. The van der Waals surface area contributed by atoms with Crippen molar-refractivity contribution in [1.82, 2.24) is 16.1 Å². The number of hydrogen-bond donors (Lipinski definition) is 4. The number of methoxy groups -OCH3 is 2. The number of hydrogen-bond acceptors (Lipinski definition) is 12. The number of nitro benzene ring substituents is 1. The number of urea groups is 1. The van der Waals surface area contributed by atoms with Crippen molar-refractivity contribution >= 4 is 35.5 Å². The van der Waals surface area contributed by atoms with Crippen LogP contribution in [0.4, 0.5) is 10.5 Å². The number of carbonyl (C=O) groups excluding carboxylic acids is 2. The lowest BCUT2D eigenvalue weighted by Gasteiger charge is -2.28. The number of esters is 1. The number of rotatable bonds is 15. The van der Waals surface area contributed by atoms with Crippen molar-refractivity contribution in [3.8, 4) is 23.0 Å². The van der Waals surface area contributed by atoms with Crippen LogP contribution in [-0.2, 0) is 16.1 Å². The molecule has 3 aromatic rings. The van der Waals surface area contributed by atoms with Gasteiger partial charge in [0.1, 0.15) is 13.2 Å². The monoisotopic (exact) mass is 683 g/mol. The minimum absolute atomic E-state index is 0.0257. The summed E-state index contributed by atoms with van der Waals surface area (Å²) < 4.78 is 27.7. The number of nitro groups is 1. The van der Waals surface area contributed by atoms with Crippen molar-refractivity contribution in [3.05, 3.63) is 97.7 Å². The Hall–Kier alpha value is -5.54. The standard InChI is InChI=1S/C32H34ClN5O10/c1-5-46-25-14-21(29-28(31(40)45-4)18(2)35-32(41)36-29)8-11-24(25)47-17-27(39)37-34-15-20-12-23(33)30(26(13-20)44-3)48-16-19-6-9-22(10-7-19)38(42)43/h6-15,27,29,37,39H,5,16-17H2,1-4H3,(H2,35,36,41)/b34-15-/t27-,29+/m0/s1. The van der Waals surface area contributed by atoms with Gasteiger partial charge in [0.25, 0.3) is 5.69 Å². The molecule has 1 aliphatic rings. The third-order valence-corrected chi connectivity index (χ3v) is 7.17. The lowest BCUT2D eigenvalue weighted by Crippen LogP contribution is -2.45. The number of amides is 2. The van der Waals surface area contributed by atoms with Crippen molar-refractivity contribution < 1.29 is 43.3 Å². The first-order valence-electron chi connectivity index (χ1n) is 14.5. The smallest absolute Gasteiger partial charge is 0.337 e. The van der Waals surface area contributed by atoms with Crippen LogP contribution in [0.1, 0.15) is 36.6 Å². The molecule has 15 nitrogen and oxygen atoms in total. The van der Waals surface area contributed by atoms with Gasteiger partial charge in [0, 0.05) is 17.8 Å². The van der Waals surface area contributed by atoms with Crippen LogP contribution in [0.15, 0.2) is 71.0 Å². The summed E-state index contributed by atoms with van der Waals surface area (Å²) in [4.78, 5) is 35.0. The number of nitrogens with one attached hydrogen (secondary N) is 3. The minimum Gasteiger partial charge on any atom is -0.493 e. The normalized spacial score (nSPS) is 14.9. The van der Waals surface area contributed by atoms with E-state index < -0.39 is 29.2 Å². The molecule has 0 radical (unpaired) electrons. The molecule has 48 heavy (non-hydrogen) atoms. The highest BCUT2D eigenvalue weighted by Gasteiger charge is 2.32. The molecule has 1 heterocycles. The van der Waals surface area contributed by atoms with Gasteiger partial charge in [0.2, 0.25) is 0 Å². The van der Waals surface area contributed by atoms with Crippen LogP contribution in [-0.4, -0.2) is 61.9 Å². The molecule has 4 N–H and O–H groups in total. The predicted octanol–water partition coefficient (Wildman–Crippen LogP) is 4.36. The highest BCUT2D eigenvalue weighted by atomic mass is 35.5. The molecule has 0 fully saturated rings. The number of allylic oxidation sites excluding steroid dienone is 1. The molecular weight excluding hydrogens is 650 g/mol. The van der Waals surface area contributed by atoms with E-state index in [0.717, 1.165) is 0 Å². The zero-order valence-corrected chi connectivity index (χ0v) is 27.2. The highest BCUT2D eigenvalue weighted by molar-refractivity contribution is 6.32. The van der Waals surface area contributed by atoms with Crippen LogP contribution in [0.2, 0.25) is 5.02 Å². The lowest BCUT2D eigenvalue weighted by molar-refractivity contribution is -0.384. The largest absolute Gasteiger partial charge is 0.493 e. The maximum Gasteiger partial charge on any atom is 0.337 e. The second-order valence-corrected chi connectivity index (χ2v) is 10.6. The van der Waals surface area contributed by atoms with Gasteiger partial charge in [0.05, 0.1) is 48.6 Å². The summed E-state index contributed by atoms with van der Waals surface area (Å²) in [6, 6.07) is 12.8. The first-order valence-corrected chi connectivity index (χ1v) is 14.9. The molecule has 0 aliphatic carbocycles. The highest BCUT2D eigenvalue weighted by Crippen LogP contribution is 2.37. The van der Waals surface area contributed by atoms with Crippen LogP contribution in [0.3, 0.4) is 0 Å². The Morgan fingerprint density at radius 1 is 1.10 bits per heavy atom. The fourth-order valence-corrected chi connectivity index (χ4v) is 4.92. The fraction of sp³-hybridized carbons (Fsp3) is 0.281. The first kappa shape index (κ1) is 35.3. The first-order chi connectivity index (χ1) is 23.0. The summed E-state index contributed by atoms with van der Waals surface area (Å²) >= 11 is 6.44. The second-order valence-electron chi connectivity index (χ2n) is 10.2. The molecule has 0 saturated heterocycles. The van der Waals surface area contributed by atoms with Gasteiger partial charge in [-0.2, -0.15) is 5.10 Å². The van der Waals surface area contributed by atoms with E-state index in [1.165, 1.54) is 32.6 Å². The fourth-order valence-electron chi connectivity index (χ4n) is 4.64. The topological polar surface area (TPSA) is 192 Å². The zero-order chi connectivity index (χ0) is 34.8. The number of ether oxygens (including phenoxy) is 5. The number of carbonyl (C=O) groups is 2. The van der Waals surface area contributed by atoms with Crippen LogP contribution < -0.4 is 35.0 Å². The zero-order valence-electron chi connectivity index (χ0n) is 26.4. The molecule has 0 bridgehead atoms. The van der Waals surface area contributed by atoms with E-state index in [2.05, 4.69) is 21.2 Å². The molecule has 254 valence electrons. The van der Waals surface area contributed by atoms with Crippen molar-refractivity contribution in [2.24, 2.45) is 5.10 Å². The van der Waals surface area contributed by atoms with Gasteiger partial charge in [-0.3, -0.25) is 15.5 Å². The summed E-state index contributed by atoms with van der Waals surface area (Å²) in [7, 11) is 2.71. The third-order valence-electron chi connectivity index (χ3n) is 6.89. The van der Waals surface area contributed by atoms with Gasteiger partial charge in [-0.25, -0.2) is 9.59 Å². The Morgan fingerprint density at radius 3 is 2.52 bits per heavy atom. The van der Waals surface area contributed by atoms with Crippen LogP contribution >= 0.6 is 11.6 Å². The van der Waals surface area contributed by atoms with E-state index in [0.29, 0.717) is 46.2 Å². The van der Waals surface area contributed by atoms with Crippen LogP contribution in [0.5, 0.6) is 23.0 Å². The Labute approximate surface area is 280 Å². The summed E-state index contributed by atoms with van der Waals surface area (Å²) in [6.07, 6.45) is 0.192. The Morgan fingerprint density at radius 2 is 1.85 bits per heavy atom. The molecule has 16 heteroatoms. The molecule has 0 saturated carbocycles. The van der Waals surface area contributed by atoms with Crippen molar-refractivity contribution in [2.45, 2.75) is 32.7 Å². The summed E-state index contributed by atoms with van der Waals surface area (Å²) in [6.45, 7) is 3.58. The van der Waals surface area contributed by atoms with Crippen molar-refractivity contribution in [2.75, 3.05) is 27.4 Å². The van der Waals surface area contributed by atoms with Gasteiger partial charge in [-0.1, -0.05) is 17.7 Å². The van der Waals surface area contributed by atoms with Crippen molar-refractivity contribution in [3.63, 3.8) is 0 Å². The molecule has 2 amide bonds. The summed E-state index contributed by atoms with van der Waals surface area (Å²) in [5.41, 5.74) is 4.94. The maximum absolute atomic E-state index is 12.5. The van der Waals surface area contributed by atoms with E-state index >= 15 is 0 Å². The van der Waals surface area contributed by atoms with Gasteiger partial charge in [-0.05, 0) is 66.9 Å². The van der Waals surface area contributed by atoms with Crippen LogP contribution in [0.25, 0.3) is 0 Å². The van der Waals surface area contributed by atoms with E-state index in [1.54, 1.807) is 56.3 Å². The number of non-ortho nitro benzene ring substituents is 1. The van der Waals surface area contributed by atoms with E-state index in [4.69, 9.17) is 35.3 Å². The number of halogens is 1. The summed E-state index contributed by atoms with van der Waals surface area (Å²) in [5.74, 6) is 0.657. The van der Waals surface area contributed by atoms with Crippen molar-refractivity contribution in [1.29, 1.82) is 0 Å². The third kappa shape index (κ3) is 8.83. The molecule has 0 spiro atoms. The SMILES string of the molecule is CCOc1cc([C@H]2NC(=O)NC(C)=C2C(=O)OC)ccc1OC[C@H](O)N/N=C\c1cc(Cl)c(OCc2ccc([N+](=O)[O-])cc2)c(OC)c1. The molecule has 1 aliphatic heterocycles. The molecule has 3 aromatic carbocycles. The number of aliphatic hydroxyl groups is 1. The quantitative estimate of drug-likeness (QED) is 0.0585. The summed E-state index contributed by atoms with van der Waals surface area (Å²) in [5, 5.41) is 30.9. The van der Waals surface area contributed by atoms with Gasteiger partial charge >= 0.3 is 12.0 Å². The average Bonchev–Trinajstić information content (AvgIpc) is 3.06. The molecule has 4 rings (SSSR count). The van der Waals surface area contributed by atoms with E-state index in [9.17, 15) is 24.8 Å². The molecule has 0 unspecified atom stereocenters.